The fourth-order valence-corrected chi connectivity index (χ4v) is 5.11. The molecular formula is C16H27NO2. The van der Waals surface area contributed by atoms with Crippen LogP contribution < -0.4 is 0 Å². The molecule has 3 nitrogen and oxygen atoms in total. The topological polar surface area (TPSA) is 40.5 Å². The van der Waals surface area contributed by atoms with Crippen LogP contribution in [0.5, 0.6) is 0 Å². The summed E-state index contributed by atoms with van der Waals surface area (Å²) in [5.74, 6) is -0.185. The molecule has 0 radical (unpaired) electrons. The Hall–Kier alpha value is -0.570. The molecule has 2 heterocycles. The van der Waals surface area contributed by atoms with Crippen molar-refractivity contribution >= 4 is 5.97 Å². The number of fused-ring (bicyclic) bond motifs is 2. The first-order valence-corrected chi connectivity index (χ1v) is 7.96. The highest BCUT2D eigenvalue weighted by atomic mass is 16.4. The molecule has 3 atom stereocenters. The van der Waals surface area contributed by atoms with Gasteiger partial charge in [-0.3, -0.25) is 9.69 Å². The van der Waals surface area contributed by atoms with Gasteiger partial charge in [-0.25, -0.2) is 0 Å². The number of hydrogen-bond acceptors (Lipinski definition) is 2. The zero-order chi connectivity index (χ0) is 13.6. The molecule has 3 rings (SSSR count). The van der Waals surface area contributed by atoms with E-state index in [4.69, 9.17) is 5.11 Å². The first kappa shape index (κ1) is 13.4. The largest absolute Gasteiger partial charge is 0.481 e. The van der Waals surface area contributed by atoms with Crippen molar-refractivity contribution in [2.45, 2.75) is 83.3 Å². The van der Waals surface area contributed by atoms with Crippen molar-refractivity contribution in [3.05, 3.63) is 0 Å². The van der Waals surface area contributed by atoms with E-state index in [0.29, 0.717) is 29.8 Å². The predicted octanol–water partition coefficient (Wildman–Crippen LogP) is 3.28. The molecule has 2 aliphatic heterocycles. The fraction of sp³-hybridized carbons (Fsp3) is 0.938. The number of nitrogens with zero attached hydrogens (tertiary/aromatic N) is 1. The molecule has 0 aromatic carbocycles. The average molecular weight is 265 g/mol. The Morgan fingerprint density at radius 2 is 1.84 bits per heavy atom. The highest BCUT2D eigenvalue weighted by molar-refractivity contribution is 5.67. The summed E-state index contributed by atoms with van der Waals surface area (Å²) in [7, 11) is 0. The van der Waals surface area contributed by atoms with Crippen LogP contribution in [0.15, 0.2) is 0 Å². The molecule has 0 aromatic heterocycles. The Balaban J connectivity index is 1.71. The number of carbonyl (C=O) groups is 1. The lowest BCUT2D eigenvalue weighted by Gasteiger charge is -2.46. The van der Waals surface area contributed by atoms with Crippen molar-refractivity contribution in [2.24, 2.45) is 11.3 Å². The Kier molecular flexibility index (Phi) is 3.36. The third kappa shape index (κ3) is 2.42. The number of aliphatic carboxylic acids is 1. The third-order valence-electron chi connectivity index (χ3n) is 5.91. The van der Waals surface area contributed by atoms with Gasteiger partial charge in [-0.15, -0.1) is 0 Å². The van der Waals surface area contributed by atoms with Gasteiger partial charge in [0.05, 0.1) is 0 Å². The van der Waals surface area contributed by atoms with Gasteiger partial charge < -0.3 is 5.11 Å². The monoisotopic (exact) mass is 265 g/mol. The summed E-state index contributed by atoms with van der Waals surface area (Å²) in [4.78, 5) is 13.7. The van der Waals surface area contributed by atoms with Gasteiger partial charge in [0.15, 0.2) is 0 Å². The summed E-state index contributed by atoms with van der Waals surface area (Å²) in [6.45, 7) is 4.85. The SMILES string of the molecule is CC1(C)CCCC1N1C2CCC1CC(CC(=O)O)C2. The number of carboxylic acids is 1. The second kappa shape index (κ2) is 4.76. The molecule has 2 bridgehead atoms. The van der Waals surface area contributed by atoms with Gasteiger partial charge in [0.2, 0.25) is 0 Å². The Labute approximate surface area is 116 Å². The zero-order valence-corrected chi connectivity index (χ0v) is 12.3. The Morgan fingerprint density at radius 1 is 1.21 bits per heavy atom. The van der Waals surface area contributed by atoms with Crippen LogP contribution in [0, 0.1) is 11.3 Å². The van der Waals surface area contributed by atoms with E-state index in [1.54, 1.807) is 0 Å². The molecular weight excluding hydrogens is 238 g/mol. The minimum absolute atomic E-state index is 0.384. The van der Waals surface area contributed by atoms with E-state index in [-0.39, 0.29) is 0 Å². The molecule has 3 heteroatoms. The first-order valence-electron chi connectivity index (χ1n) is 7.96. The lowest BCUT2D eigenvalue weighted by molar-refractivity contribution is -0.138. The number of piperidine rings is 1. The highest BCUT2D eigenvalue weighted by Crippen LogP contribution is 2.49. The van der Waals surface area contributed by atoms with Gasteiger partial charge in [0.1, 0.15) is 0 Å². The van der Waals surface area contributed by atoms with Gasteiger partial charge in [0.25, 0.3) is 0 Å². The normalized spacial score (nSPS) is 41.6. The minimum atomic E-state index is -0.612. The zero-order valence-electron chi connectivity index (χ0n) is 12.3. The molecule has 1 aliphatic carbocycles. The molecule has 0 aromatic rings. The van der Waals surface area contributed by atoms with Gasteiger partial charge >= 0.3 is 5.97 Å². The van der Waals surface area contributed by atoms with Crippen LogP contribution in [0.2, 0.25) is 0 Å². The second-order valence-electron chi connectivity index (χ2n) is 7.66. The van der Waals surface area contributed by atoms with Crippen LogP contribution in [0.25, 0.3) is 0 Å². The van der Waals surface area contributed by atoms with Crippen molar-refractivity contribution in [3.63, 3.8) is 0 Å². The molecule has 2 saturated heterocycles. The van der Waals surface area contributed by atoms with Crippen LogP contribution >= 0.6 is 0 Å². The van der Waals surface area contributed by atoms with E-state index in [0.717, 1.165) is 18.9 Å². The van der Waals surface area contributed by atoms with Crippen molar-refractivity contribution in [3.8, 4) is 0 Å². The summed E-state index contributed by atoms with van der Waals surface area (Å²) >= 11 is 0. The number of hydrogen-bond donors (Lipinski definition) is 1. The van der Waals surface area contributed by atoms with Crippen molar-refractivity contribution < 1.29 is 9.90 Å². The average Bonchev–Trinajstić information content (AvgIpc) is 2.75. The van der Waals surface area contributed by atoms with Crippen molar-refractivity contribution in [2.75, 3.05) is 0 Å². The second-order valence-corrected chi connectivity index (χ2v) is 7.66. The minimum Gasteiger partial charge on any atom is -0.481 e. The van der Waals surface area contributed by atoms with E-state index in [9.17, 15) is 4.79 Å². The number of rotatable bonds is 3. The van der Waals surface area contributed by atoms with E-state index in [2.05, 4.69) is 18.7 Å². The molecule has 0 amide bonds. The molecule has 1 saturated carbocycles. The van der Waals surface area contributed by atoms with Crippen LogP contribution in [0.1, 0.15) is 65.2 Å². The molecule has 3 fully saturated rings. The Bertz CT molecular complexity index is 352. The maximum Gasteiger partial charge on any atom is 0.303 e. The van der Waals surface area contributed by atoms with E-state index < -0.39 is 5.97 Å². The summed E-state index contributed by atoms with van der Waals surface area (Å²) in [6, 6.07) is 2.09. The molecule has 1 N–H and O–H groups in total. The maximum absolute atomic E-state index is 10.9. The predicted molar refractivity (Wildman–Crippen MR) is 75.0 cm³/mol. The molecule has 3 aliphatic rings. The fourth-order valence-electron chi connectivity index (χ4n) is 5.11. The molecule has 0 spiro atoms. The van der Waals surface area contributed by atoms with E-state index >= 15 is 0 Å². The molecule has 19 heavy (non-hydrogen) atoms. The Morgan fingerprint density at radius 3 is 2.32 bits per heavy atom. The maximum atomic E-state index is 10.9. The van der Waals surface area contributed by atoms with E-state index in [1.165, 1.54) is 32.1 Å². The lowest BCUT2D eigenvalue weighted by atomic mass is 9.81. The molecule has 108 valence electrons. The summed E-state index contributed by atoms with van der Waals surface area (Å²) < 4.78 is 0. The van der Waals surface area contributed by atoms with E-state index in [1.807, 2.05) is 0 Å². The highest BCUT2D eigenvalue weighted by Gasteiger charge is 2.49. The van der Waals surface area contributed by atoms with Gasteiger partial charge in [0, 0.05) is 24.5 Å². The van der Waals surface area contributed by atoms with Gasteiger partial charge in [-0.2, -0.15) is 0 Å². The summed E-state index contributed by atoms with van der Waals surface area (Å²) in [5.41, 5.74) is 0.459. The van der Waals surface area contributed by atoms with Gasteiger partial charge in [-0.1, -0.05) is 20.3 Å². The van der Waals surface area contributed by atoms with Crippen molar-refractivity contribution in [1.82, 2.24) is 4.90 Å². The third-order valence-corrected chi connectivity index (χ3v) is 5.91. The summed E-state index contributed by atoms with van der Waals surface area (Å²) in [6.07, 6.45) is 9.29. The summed E-state index contributed by atoms with van der Waals surface area (Å²) in [5, 5.41) is 9.01. The quantitative estimate of drug-likeness (QED) is 0.851. The lowest BCUT2D eigenvalue weighted by Crippen LogP contribution is -2.52. The van der Waals surface area contributed by atoms with Crippen LogP contribution in [0.4, 0.5) is 0 Å². The molecule has 3 unspecified atom stereocenters. The van der Waals surface area contributed by atoms with Crippen LogP contribution in [-0.2, 0) is 4.79 Å². The smallest absolute Gasteiger partial charge is 0.303 e. The first-order chi connectivity index (χ1) is 8.97. The van der Waals surface area contributed by atoms with Crippen molar-refractivity contribution in [1.29, 1.82) is 0 Å². The standard InChI is InChI=1S/C16H27NO2/c1-16(2)7-3-4-14(16)17-12-5-6-13(17)9-11(8-12)10-15(18)19/h11-14H,3-10H2,1-2H3,(H,18,19). The number of carboxylic acid groups (broad SMARTS) is 1. The van der Waals surface area contributed by atoms with Gasteiger partial charge in [-0.05, 0) is 49.9 Å². The van der Waals surface area contributed by atoms with Crippen LogP contribution in [-0.4, -0.2) is 34.1 Å². The van der Waals surface area contributed by atoms with Crippen LogP contribution in [0.3, 0.4) is 0 Å².